The Bertz CT molecular complexity index is 439. The van der Waals surface area contributed by atoms with E-state index in [2.05, 4.69) is 15.0 Å². The second-order valence-electron chi connectivity index (χ2n) is 5.45. The number of anilines is 1. The molecular weight excluding hydrogens is 258 g/mol. The molecule has 0 aliphatic carbocycles. The molecule has 1 atom stereocenters. The molecule has 0 spiro atoms. The van der Waals surface area contributed by atoms with Gasteiger partial charge in [-0.05, 0) is 37.3 Å². The molecule has 1 saturated heterocycles. The Labute approximate surface area is 119 Å². The lowest BCUT2D eigenvalue weighted by atomic mass is 9.96. The molecule has 6 nitrogen and oxygen atoms in total. The summed E-state index contributed by atoms with van der Waals surface area (Å²) in [5, 5.41) is 4.02. The first-order valence-electron chi connectivity index (χ1n) is 7.38. The number of esters is 1. The molecule has 1 aliphatic heterocycles. The number of hydrogen-bond acceptors (Lipinski definition) is 6. The van der Waals surface area contributed by atoms with Crippen LogP contribution < -0.4 is 4.90 Å². The average molecular weight is 281 g/mol. The van der Waals surface area contributed by atoms with Gasteiger partial charge in [-0.3, -0.25) is 4.79 Å². The normalized spacial score (nSPS) is 17.3. The van der Waals surface area contributed by atoms with Gasteiger partial charge in [0.2, 0.25) is 5.89 Å². The van der Waals surface area contributed by atoms with Gasteiger partial charge < -0.3 is 14.2 Å². The van der Waals surface area contributed by atoms with Gasteiger partial charge in [-0.1, -0.05) is 13.8 Å². The lowest BCUT2D eigenvalue weighted by Gasteiger charge is -2.24. The van der Waals surface area contributed by atoms with Crippen molar-refractivity contribution >= 4 is 11.9 Å². The van der Waals surface area contributed by atoms with E-state index >= 15 is 0 Å². The van der Waals surface area contributed by atoms with Crippen molar-refractivity contribution in [1.29, 1.82) is 0 Å². The quantitative estimate of drug-likeness (QED) is 0.772. The number of aromatic nitrogens is 2. The van der Waals surface area contributed by atoms with Gasteiger partial charge in [0.05, 0.1) is 6.61 Å². The minimum absolute atomic E-state index is 0.0590. The summed E-state index contributed by atoms with van der Waals surface area (Å²) in [6.07, 6.45) is 3.55. The minimum atomic E-state index is -0.485. The van der Waals surface area contributed by atoms with E-state index in [4.69, 9.17) is 9.26 Å². The Hall–Kier alpha value is -1.59. The smallest absolute Gasteiger partial charge is 0.318 e. The SMILES string of the molecule is CCOC(=O)C(c1nc(N2CCCCC2)no1)C(C)C. The van der Waals surface area contributed by atoms with E-state index in [-0.39, 0.29) is 11.9 Å². The number of nitrogens with zero attached hydrogens (tertiary/aromatic N) is 3. The van der Waals surface area contributed by atoms with Gasteiger partial charge in [-0.15, -0.1) is 0 Å². The van der Waals surface area contributed by atoms with Gasteiger partial charge in [0.1, 0.15) is 5.92 Å². The molecule has 0 radical (unpaired) electrons. The first-order chi connectivity index (χ1) is 9.63. The predicted molar refractivity (Wildman–Crippen MR) is 74.6 cm³/mol. The Kier molecular flexibility index (Phi) is 4.98. The molecule has 2 heterocycles. The van der Waals surface area contributed by atoms with Gasteiger partial charge in [-0.2, -0.15) is 4.98 Å². The predicted octanol–water partition coefficient (Wildman–Crippen LogP) is 2.36. The van der Waals surface area contributed by atoms with Crippen LogP contribution in [0.4, 0.5) is 5.95 Å². The Morgan fingerprint density at radius 3 is 2.65 bits per heavy atom. The van der Waals surface area contributed by atoms with Crippen LogP contribution in [0.5, 0.6) is 0 Å². The van der Waals surface area contributed by atoms with Crippen molar-refractivity contribution in [3.8, 4) is 0 Å². The number of carbonyl (C=O) groups excluding carboxylic acids is 1. The second-order valence-corrected chi connectivity index (χ2v) is 5.45. The van der Waals surface area contributed by atoms with Crippen molar-refractivity contribution in [3.05, 3.63) is 5.89 Å². The molecule has 112 valence electrons. The lowest BCUT2D eigenvalue weighted by Crippen LogP contribution is -2.30. The van der Waals surface area contributed by atoms with E-state index < -0.39 is 5.92 Å². The molecule has 0 N–H and O–H groups in total. The summed E-state index contributed by atoms with van der Waals surface area (Å²) in [7, 11) is 0. The Morgan fingerprint density at radius 1 is 1.35 bits per heavy atom. The molecule has 1 unspecified atom stereocenters. The number of carbonyl (C=O) groups is 1. The highest BCUT2D eigenvalue weighted by Crippen LogP contribution is 2.27. The molecule has 1 aromatic heterocycles. The minimum Gasteiger partial charge on any atom is -0.465 e. The summed E-state index contributed by atoms with van der Waals surface area (Å²) in [6.45, 7) is 7.95. The van der Waals surface area contributed by atoms with Gasteiger partial charge >= 0.3 is 5.97 Å². The van der Waals surface area contributed by atoms with Gasteiger partial charge in [0.15, 0.2) is 0 Å². The Morgan fingerprint density at radius 2 is 2.05 bits per heavy atom. The monoisotopic (exact) mass is 281 g/mol. The largest absolute Gasteiger partial charge is 0.465 e. The topological polar surface area (TPSA) is 68.5 Å². The molecule has 0 amide bonds. The summed E-state index contributed by atoms with van der Waals surface area (Å²) in [6, 6.07) is 0. The fourth-order valence-corrected chi connectivity index (χ4v) is 2.47. The van der Waals surface area contributed by atoms with Crippen LogP contribution in [0.1, 0.15) is 51.8 Å². The third kappa shape index (κ3) is 3.29. The first kappa shape index (κ1) is 14.8. The molecule has 2 rings (SSSR count). The Balaban J connectivity index is 2.13. The zero-order valence-corrected chi connectivity index (χ0v) is 12.5. The molecule has 20 heavy (non-hydrogen) atoms. The molecule has 1 fully saturated rings. The van der Waals surface area contributed by atoms with Gasteiger partial charge in [-0.25, -0.2) is 0 Å². The summed E-state index contributed by atoms with van der Waals surface area (Å²) in [4.78, 5) is 18.5. The van der Waals surface area contributed by atoms with E-state index in [1.165, 1.54) is 6.42 Å². The maximum Gasteiger partial charge on any atom is 0.318 e. The molecule has 1 aromatic rings. The second kappa shape index (κ2) is 6.72. The van der Waals surface area contributed by atoms with Crippen LogP contribution in [-0.4, -0.2) is 35.8 Å². The number of hydrogen-bond donors (Lipinski definition) is 0. The fourth-order valence-electron chi connectivity index (χ4n) is 2.47. The number of ether oxygens (including phenoxy) is 1. The van der Waals surface area contributed by atoms with Crippen LogP contribution in [0.15, 0.2) is 4.52 Å². The van der Waals surface area contributed by atoms with Crippen molar-refractivity contribution in [1.82, 2.24) is 10.1 Å². The van der Waals surface area contributed by atoms with E-state index in [1.54, 1.807) is 6.92 Å². The van der Waals surface area contributed by atoms with Crippen molar-refractivity contribution in [2.75, 3.05) is 24.6 Å². The molecule has 0 saturated carbocycles. The maximum atomic E-state index is 12.0. The van der Waals surface area contributed by atoms with Crippen LogP contribution in [-0.2, 0) is 9.53 Å². The highest BCUT2D eigenvalue weighted by atomic mass is 16.5. The summed E-state index contributed by atoms with van der Waals surface area (Å²) in [5.74, 6) is 0.231. The van der Waals surface area contributed by atoms with Crippen LogP contribution in [0.2, 0.25) is 0 Å². The number of piperidine rings is 1. The van der Waals surface area contributed by atoms with E-state index in [0.29, 0.717) is 18.4 Å². The zero-order chi connectivity index (χ0) is 14.5. The van der Waals surface area contributed by atoms with Crippen molar-refractivity contribution in [2.45, 2.75) is 46.0 Å². The fraction of sp³-hybridized carbons (Fsp3) is 0.786. The molecule has 0 bridgehead atoms. The highest BCUT2D eigenvalue weighted by Gasteiger charge is 2.32. The maximum absolute atomic E-state index is 12.0. The zero-order valence-electron chi connectivity index (χ0n) is 12.5. The summed E-state index contributed by atoms with van der Waals surface area (Å²) < 4.78 is 10.4. The van der Waals surface area contributed by atoms with Crippen molar-refractivity contribution in [3.63, 3.8) is 0 Å². The third-order valence-electron chi connectivity index (χ3n) is 3.54. The summed E-state index contributed by atoms with van der Waals surface area (Å²) in [5.41, 5.74) is 0. The molecular formula is C14H23N3O3. The van der Waals surface area contributed by atoms with Crippen LogP contribution in [0, 0.1) is 5.92 Å². The first-order valence-corrected chi connectivity index (χ1v) is 7.38. The van der Waals surface area contributed by atoms with Gasteiger partial charge in [0, 0.05) is 13.1 Å². The van der Waals surface area contributed by atoms with Crippen molar-refractivity contribution in [2.24, 2.45) is 5.92 Å². The third-order valence-corrected chi connectivity index (χ3v) is 3.54. The van der Waals surface area contributed by atoms with Crippen LogP contribution in [0.3, 0.4) is 0 Å². The lowest BCUT2D eigenvalue weighted by molar-refractivity contribution is -0.146. The van der Waals surface area contributed by atoms with Crippen LogP contribution >= 0.6 is 0 Å². The van der Waals surface area contributed by atoms with E-state index in [1.807, 2.05) is 13.8 Å². The van der Waals surface area contributed by atoms with E-state index in [9.17, 15) is 4.79 Å². The summed E-state index contributed by atoms with van der Waals surface area (Å²) >= 11 is 0. The van der Waals surface area contributed by atoms with Gasteiger partial charge in [0.25, 0.3) is 5.95 Å². The highest BCUT2D eigenvalue weighted by molar-refractivity contribution is 5.77. The van der Waals surface area contributed by atoms with Crippen molar-refractivity contribution < 1.29 is 14.1 Å². The number of rotatable bonds is 5. The standard InChI is InChI=1S/C14H23N3O3/c1-4-19-13(18)11(10(2)3)12-15-14(16-20-12)17-8-6-5-7-9-17/h10-11H,4-9H2,1-3H3. The average Bonchev–Trinajstić information content (AvgIpc) is 2.89. The molecule has 6 heteroatoms. The van der Waals surface area contributed by atoms with Crippen LogP contribution in [0.25, 0.3) is 0 Å². The van der Waals surface area contributed by atoms with E-state index in [0.717, 1.165) is 25.9 Å². The molecule has 1 aliphatic rings. The molecule has 0 aromatic carbocycles.